The number of nitrogens with one attached hydrogen (secondary N) is 1. The summed E-state index contributed by atoms with van der Waals surface area (Å²) < 4.78 is 30.9. The van der Waals surface area contributed by atoms with Gasteiger partial charge in [-0.2, -0.15) is 0 Å². The first-order valence-electron chi connectivity index (χ1n) is 8.75. The molecule has 6 nitrogen and oxygen atoms in total. The summed E-state index contributed by atoms with van der Waals surface area (Å²) >= 11 is 0. The van der Waals surface area contributed by atoms with Crippen LogP contribution in [0, 0.1) is 0 Å². The molecule has 1 atom stereocenters. The summed E-state index contributed by atoms with van der Waals surface area (Å²) in [6.45, 7) is 3.91. The van der Waals surface area contributed by atoms with Crippen molar-refractivity contribution in [1.29, 1.82) is 0 Å². The van der Waals surface area contributed by atoms with Crippen molar-refractivity contribution in [2.75, 3.05) is 17.7 Å². The maximum absolute atomic E-state index is 12.6. The molecule has 0 heterocycles. The first-order valence-corrected chi connectivity index (χ1v) is 10.6. The molecule has 0 aliphatic heterocycles. The lowest BCUT2D eigenvalue weighted by Gasteiger charge is -2.28. The molecule has 0 fully saturated rings. The van der Waals surface area contributed by atoms with E-state index < -0.39 is 16.1 Å². The van der Waals surface area contributed by atoms with Gasteiger partial charge in [0.05, 0.1) is 19.1 Å². The fourth-order valence-electron chi connectivity index (χ4n) is 2.77. The summed E-state index contributed by atoms with van der Waals surface area (Å²) in [5.74, 6) is 0.369. The van der Waals surface area contributed by atoms with Gasteiger partial charge in [0.25, 0.3) is 0 Å². The fraction of sp³-hybridized carbons (Fsp3) is 0.350. The van der Waals surface area contributed by atoms with Crippen LogP contribution in [-0.4, -0.2) is 33.7 Å². The average molecular weight is 391 g/mol. The summed E-state index contributed by atoms with van der Waals surface area (Å²) in [7, 11) is -2.03. The molecule has 0 bridgehead atoms. The Bertz CT molecular complexity index is 862. The molecule has 2 rings (SSSR count). The van der Waals surface area contributed by atoms with Gasteiger partial charge in [-0.1, -0.05) is 31.2 Å². The van der Waals surface area contributed by atoms with Crippen LogP contribution in [0.1, 0.15) is 25.0 Å². The standard InChI is InChI=1S/C20H26N2O4S/c1-5-16-6-10-18(11-7-16)22(27(4,24)25)15(2)20(23)21-14-17-8-12-19(26-3)13-9-17/h6-13,15H,5,14H2,1-4H3,(H,21,23)/t15-/m0/s1. The van der Waals surface area contributed by atoms with Gasteiger partial charge in [0.1, 0.15) is 11.8 Å². The number of carbonyl (C=O) groups is 1. The third kappa shape index (κ3) is 5.47. The topological polar surface area (TPSA) is 75.7 Å². The summed E-state index contributed by atoms with van der Waals surface area (Å²) in [5, 5.41) is 2.80. The van der Waals surface area contributed by atoms with Crippen molar-refractivity contribution in [3.8, 4) is 5.75 Å². The van der Waals surface area contributed by atoms with Crippen molar-refractivity contribution in [1.82, 2.24) is 5.32 Å². The number of hydrogen-bond donors (Lipinski definition) is 1. The van der Waals surface area contributed by atoms with Crippen molar-refractivity contribution < 1.29 is 17.9 Å². The molecule has 0 unspecified atom stereocenters. The fourth-order valence-corrected chi connectivity index (χ4v) is 3.94. The number of nitrogens with zero attached hydrogens (tertiary/aromatic N) is 1. The number of amides is 1. The van der Waals surface area contributed by atoms with Crippen molar-refractivity contribution >= 4 is 21.6 Å². The predicted molar refractivity (Wildman–Crippen MR) is 107 cm³/mol. The van der Waals surface area contributed by atoms with Crippen molar-refractivity contribution in [2.24, 2.45) is 0 Å². The molecule has 146 valence electrons. The van der Waals surface area contributed by atoms with E-state index in [0.29, 0.717) is 12.2 Å². The van der Waals surface area contributed by atoms with Crippen LogP contribution in [0.15, 0.2) is 48.5 Å². The minimum absolute atomic E-state index is 0.305. The number of rotatable bonds is 8. The second kappa shape index (κ2) is 8.90. The molecule has 0 radical (unpaired) electrons. The second-order valence-corrected chi connectivity index (χ2v) is 8.18. The van der Waals surface area contributed by atoms with Gasteiger partial charge in [-0.15, -0.1) is 0 Å². The van der Waals surface area contributed by atoms with Crippen LogP contribution in [0.2, 0.25) is 0 Å². The van der Waals surface area contributed by atoms with Crippen molar-refractivity contribution in [2.45, 2.75) is 32.9 Å². The minimum Gasteiger partial charge on any atom is -0.497 e. The Kier molecular flexibility index (Phi) is 6.85. The lowest BCUT2D eigenvalue weighted by atomic mass is 10.1. The molecular formula is C20H26N2O4S. The molecule has 27 heavy (non-hydrogen) atoms. The van der Waals surface area contributed by atoms with Gasteiger partial charge >= 0.3 is 0 Å². The van der Waals surface area contributed by atoms with Crippen molar-refractivity contribution in [3.05, 3.63) is 59.7 Å². The van der Waals surface area contributed by atoms with Crippen LogP contribution in [-0.2, 0) is 27.8 Å². The minimum atomic E-state index is -3.62. The molecule has 7 heteroatoms. The average Bonchev–Trinajstić information content (AvgIpc) is 2.66. The lowest BCUT2D eigenvalue weighted by Crippen LogP contribution is -2.47. The highest BCUT2D eigenvalue weighted by Gasteiger charge is 2.28. The highest BCUT2D eigenvalue weighted by atomic mass is 32.2. The molecule has 1 amide bonds. The van der Waals surface area contributed by atoms with Crippen LogP contribution >= 0.6 is 0 Å². The normalized spacial score (nSPS) is 12.3. The summed E-state index contributed by atoms with van der Waals surface area (Å²) in [5.41, 5.74) is 2.47. The van der Waals surface area contributed by atoms with E-state index >= 15 is 0 Å². The van der Waals surface area contributed by atoms with Crippen LogP contribution in [0.5, 0.6) is 5.75 Å². The number of hydrogen-bond acceptors (Lipinski definition) is 4. The molecule has 0 aromatic heterocycles. The van der Waals surface area contributed by atoms with Gasteiger partial charge < -0.3 is 10.1 Å². The van der Waals surface area contributed by atoms with E-state index in [1.54, 1.807) is 26.2 Å². The molecule has 2 aromatic rings. The first-order chi connectivity index (χ1) is 12.8. The van der Waals surface area contributed by atoms with Gasteiger partial charge in [-0.05, 0) is 48.7 Å². The zero-order valence-corrected chi connectivity index (χ0v) is 16.9. The highest BCUT2D eigenvalue weighted by Crippen LogP contribution is 2.22. The van der Waals surface area contributed by atoms with Gasteiger partial charge in [-0.3, -0.25) is 9.10 Å². The Labute approximate surface area is 161 Å². The molecule has 2 aromatic carbocycles. The molecule has 0 aliphatic rings. The molecule has 1 N–H and O–H groups in total. The molecule has 0 saturated carbocycles. The second-order valence-electron chi connectivity index (χ2n) is 6.32. The summed E-state index contributed by atoms with van der Waals surface area (Å²) in [6.07, 6.45) is 1.96. The number of methoxy groups -OCH3 is 1. The third-order valence-corrected chi connectivity index (χ3v) is 5.56. The maximum atomic E-state index is 12.6. The number of benzene rings is 2. The molecule has 0 saturated heterocycles. The zero-order valence-electron chi connectivity index (χ0n) is 16.1. The Morgan fingerprint density at radius 1 is 1.07 bits per heavy atom. The monoisotopic (exact) mass is 390 g/mol. The third-order valence-electron chi connectivity index (χ3n) is 4.31. The zero-order chi connectivity index (χ0) is 20.0. The lowest BCUT2D eigenvalue weighted by molar-refractivity contribution is -0.122. The highest BCUT2D eigenvalue weighted by molar-refractivity contribution is 7.92. The van der Waals surface area contributed by atoms with Crippen molar-refractivity contribution in [3.63, 3.8) is 0 Å². The van der Waals surface area contributed by atoms with E-state index in [4.69, 9.17) is 4.74 Å². The van der Waals surface area contributed by atoms with E-state index in [2.05, 4.69) is 5.32 Å². The smallest absolute Gasteiger partial charge is 0.243 e. The molecule has 0 aliphatic carbocycles. The van der Waals surface area contributed by atoms with Gasteiger partial charge in [0, 0.05) is 6.54 Å². The quantitative estimate of drug-likeness (QED) is 0.752. The van der Waals surface area contributed by atoms with Crippen LogP contribution in [0.4, 0.5) is 5.69 Å². The largest absolute Gasteiger partial charge is 0.497 e. The number of ether oxygens (including phenoxy) is 1. The van der Waals surface area contributed by atoms with E-state index in [1.165, 1.54) is 0 Å². The van der Waals surface area contributed by atoms with Crippen LogP contribution in [0.3, 0.4) is 0 Å². The Hall–Kier alpha value is -2.54. The van der Waals surface area contributed by atoms with Crippen LogP contribution < -0.4 is 14.4 Å². The Morgan fingerprint density at radius 2 is 1.63 bits per heavy atom. The van der Waals surface area contributed by atoms with Gasteiger partial charge in [0.15, 0.2) is 0 Å². The maximum Gasteiger partial charge on any atom is 0.243 e. The van der Waals surface area contributed by atoms with Gasteiger partial charge in [0.2, 0.25) is 15.9 Å². The number of sulfonamides is 1. The predicted octanol–water partition coefficient (Wildman–Crippen LogP) is 2.73. The summed E-state index contributed by atoms with van der Waals surface area (Å²) in [4.78, 5) is 12.6. The molecular weight excluding hydrogens is 364 g/mol. The number of anilines is 1. The van der Waals surface area contributed by atoms with E-state index in [1.807, 2.05) is 43.3 Å². The summed E-state index contributed by atoms with van der Waals surface area (Å²) in [6, 6.07) is 13.6. The Morgan fingerprint density at radius 3 is 2.11 bits per heavy atom. The Balaban J connectivity index is 2.13. The van der Waals surface area contributed by atoms with Gasteiger partial charge in [-0.25, -0.2) is 8.42 Å². The molecule has 0 spiro atoms. The first kappa shape index (κ1) is 20.8. The van der Waals surface area contributed by atoms with E-state index in [9.17, 15) is 13.2 Å². The number of carbonyl (C=O) groups excluding carboxylic acids is 1. The SMILES string of the molecule is CCc1ccc(N([C@@H](C)C(=O)NCc2ccc(OC)cc2)S(C)(=O)=O)cc1. The number of aryl methyl sites for hydroxylation is 1. The van der Waals surface area contributed by atoms with Crippen LogP contribution in [0.25, 0.3) is 0 Å². The van der Waals surface area contributed by atoms with E-state index in [0.717, 1.165) is 33.9 Å². The van der Waals surface area contributed by atoms with E-state index in [-0.39, 0.29) is 5.91 Å².